The number of benzene rings is 1. The van der Waals surface area contributed by atoms with E-state index in [1.807, 2.05) is 14.0 Å². The molecule has 1 aromatic rings. The van der Waals surface area contributed by atoms with Crippen molar-refractivity contribution in [2.45, 2.75) is 74.7 Å². The molecule has 0 aromatic heterocycles. The number of ether oxygens (including phenoxy) is 2. The van der Waals surface area contributed by atoms with Crippen LogP contribution >= 0.6 is 0 Å². The summed E-state index contributed by atoms with van der Waals surface area (Å²) in [7, 11) is 4.10. The van der Waals surface area contributed by atoms with Crippen LogP contribution in [0.15, 0.2) is 30.4 Å². The smallest absolute Gasteiger partial charge is 0.142 e. The van der Waals surface area contributed by atoms with E-state index in [1.54, 1.807) is 0 Å². The largest absolute Gasteiger partial charge is 0.486 e. The minimum absolute atomic E-state index is 0.00700. The minimum atomic E-state index is -0.782. The zero-order valence-corrected chi connectivity index (χ0v) is 18.1. The van der Waals surface area contributed by atoms with E-state index in [9.17, 15) is 5.11 Å². The Morgan fingerprint density at radius 3 is 2.93 bits per heavy atom. The summed E-state index contributed by atoms with van der Waals surface area (Å²) in [5.74, 6) is 1.08. The first-order valence-corrected chi connectivity index (χ1v) is 11.3. The molecule has 29 heavy (non-hydrogen) atoms. The molecule has 2 heterocycles. The lowest BCUT2D eigenvalue weighted by Gasteiger charge is -2.72. The molecule has 156 valence electrons. The van der Waals surface area contributed by atoms with E-state index >= 15 is 0 Å². The Morgan fingerprint density at radius 1 is 1.34 bits per heavy atom. The second-order valence-electron chi connectivity index (χ2n) is 10.5. The lowest BCUT2D eigenvalue weighted by atomic mass is 9.36. The molecular formula is C25H33NO3. The minimum Gasteiger partial charge on any atom is -0.486 e. The average Bonchev–Trinajstić information content (AvgIpc) is 3.07. The van der Waals surface area contributed by atoms with Crippen LogP contribution in [0, 0.1) is 11.3 Å². The second-order valence-corrected chi connectivity index (χ2v) is 10.5. The molecule has 1 saturated carbocycles. The number of fused-ring (bicyclic) bond motifs is 1. The Hall–Kier alpha value is -1.36. The van der Waals surface area contributed by atoms with Crippen molar-refractivity contribution in [1.82, 2.24) is 4.90 Å². The van der Waals surface area contributed by atoms with Crippen LogP contribution in [0.2, 0.25) is 0 Å². The molecule has 2 fully saturated rings. The Morgan fingerprint density at radius 2 is 2.17 bits per heavy atom. The van der Waals surface area contributed by atoms with Gasteiger partial charge in [-0.05, 0) is 57.8 Å². The first-order valence-electron chi connectivity index (χ1n) is 11.3. The molecule has 4 bridgehead atoms. The van der Waals surface area contributed by atoms with Crippen LogP contribution in [0.1, 0.15) is 50.7 Å². The molecule has 1 aromatic carbocycles. The summed E-state index contributed by atoms with van der Waals surface area (Å²) in [4.78, 5) is 2.57. The number of likely N-dealkylation sites (tertiary alicyclic amines) is 1. The van der Waals surface area contributed by atoms with Crippen LogP contribution in [0.4, 0.5) is 0 Å². The second kappa shape index (κ2) is 5.46. The van der Waals surface area contributed by atoms with Crippen molar-refractivity contribution in [3.63, 3.8) is 0 Å². The van der Waals surface area contributed by atoms with E-state index in [-0.39, 0.29) is 22.9 Å². The zero-order valence-electron chi connectivity index (χ0n) is 18.1. The fourth-order valence-corrected chi connectivity index (χ4v) is 8.41. The third-order valence-electron chi connectivity index (χ3n) is 9.48. The van der Waals surface area contributed by atoms with Crippen molar-refractivity contribution in [3.05, 3.63) is 41.5 Å². The molecule has 2 aliphatic heterocycles. The van der Waals surface area contributed by atoms with Gasteiger partial charge in [0, 0.05) is 30.0 Å². The van der Waals surface area contributed by atoms with Crippen molar-refractivity contribution in [2.24, 2.45) is 11.3 Å². The molecule has 7 rings (SSSR count). The summed E-state index contributed by atoms with van der Waals surface area (Å²) in [5.41, 5.74) is 1.49. The Labute approximate surface area is 173 Å². The first kappa shape index (κ1) is 18.4. The van der Waals surface area contributed by atoms with Crippen molar-refractivity contribution in [2.75, 3.05) is 20.7 Å². The third-order valence-corrected chi connectivity index (χ3v) is 9.48. The van der Waals surface area contributed by atoms with Gasteiger partial charge in [-0.2, -0.15) is 0 Å². The fraction of sp³-hybridized carbons (Fsp3) is 0.680. The maximum absolute atomic E-state index is 11.7. The average molecular weight is 396 g/mol. The maximum atomic E-state index is 11.7. The molecule has 6 aliphatic rings. The molecule has 1 saturated heterocycles. The molecule has 7 atom stereocenters. The van der Waals surface area contributed by atoms with E-state index in [4.69, 9.17) is 9.47 Å². The Kier molecular flexibility index (Phi) is 3.47. The molecule has 2 spiro atoms. The van der Waals surface area contributed by atoms with Crippen LogP contribution in [-0.4, -0.2) is 54.1 Å². The Balaban J connectivity index is 1.65. The number of aliphatic hydroxyl groups is 1. The van der Waals surface area contributed by atoms with Crippen molar-refractivity contribution in [3.8, 4) is 5.75 Å². The predicted molar refractivity (Wildman–Crippen MR) is 112 cm³/mol. The number of methoxy groups -OCH3 is 1. The molecule has 4 heteroatoms. The zero-order chi connectivity index (χ0) is 20.2. The van der Waals surface area contributed by atoms with Gasteiger partial charge in [-0.3, -0.25) is 0 Å². The van der Waals surface area contributed by atoms with E-state index in [0.717, 1.165) is 44.4 Å². The van der Waals surface area contributed by atoms with E-state index in [1.165, 1.54) is 11.1 Å². The van der Waals surface area contributed by atoms with Gasteiger partial charge in [0.1, 0.15) is 17.5 Å². The van der Waals surface area contributed by atoms with E-state index in [2.05, 4.69) is 49.2 Å². The van der Waals surface area contributed by atoms with Gasteiger partial charge < -0.3 is 19.5 Å². The van der Waals surface area contributed by atoms with Gasteiger partial charge in [0.2, 0.25) is 0 Å². The number of rotatable bonds is 4. The lowest BCUT2D eigenvalue weighted by Crippen LogP contribution is -2.80. The van der Waals surface area contributed by atoms with Crippen LogP contribution in [0.5, 0.6) is 5.75 Å². The molecule has 4 aliphatic carbocycles. The van der Waals surface area contributed by atoms with Crippen molar-refractivity contribution in [1.29, 1.82) is 0 Å². The fourth-order valence-electron chi connectivity index (χ4n) is 8.41. The summed E-state index contributed by atoms with van der Waals surface area (Å²) >= 11 is 0. The van der Waals surface area contributed by atoms with Crippen molar-refractivity contribution < 1.29 is 14.6 Å². The van der Waals surface area contributed by atoms with Gasteiger partial charge >= 0.3 is 0 Å². The number of nitrogens with zero attached hydrogens (tertiary/aromatic N) is 1. The van der Waals surface area contributed by atoms with Crippen LogP contribution in [0.3, 0.4) is 0 Å². The SMILES string of the molecule is CCC[C@@](C)(O)[C@H]1C[C@@]23C=C[C@]1(OC)[C@@H]1Oc4cccc5c4[C@@]12CCN(C)[C@@H]3C5. The number of piperidine rings is 1. The number of hydrogen-bond donors (Lipinski definition) is 1. The summed E-state index contributed by atoms with van der Waals surface area (Å²) in [6.45, 7) is 5.27. The van der Waals surface area contributed by atoms with Gasteiger partial charge in [-0.1, -0.05) is 37.6 Å². The highest BCUT2D eigenvalue weighted by molar-refractivity contribution is 5.61. The quantitative estimate of drug-likeness (QED) is 0.793. The van der Waals surface area contributed by atoms with Gasteiger partial charge in [0.05, 0.1) is 11.0 Å². The molecule has 0 amide bonds. The maximum Gasteiger partial charge on any atom is 0.142 e. The van der Waals surface area contributed by atoms with E-state index < -0.39 is 11.2 Å². The molecule has 4 nitrogen and oxygen atoms in total. The first-order chi connectivity index (χ1) is 13.9. The topological polar surface area (TPSA) is 41.9 Å². The monoisotopic (exact) mass is 395 g/mol. The van der Waals surface area contributed by atoms with Gasteiger partial charge in [-0.25, -0.2) is 0 Å². The van der Waals surface area contributed by atoms with Gasteiger partial charge in [-0.15, -0.1) is 0 Å². The highest BCUT2D eigenvalue weighted by Crippen LogP contribution is 2.74. The van der Waals surface area contributed by atoms with Gasteiger partial charge in [0.25, 0.3) is 0 Å². The highest BCUT2D eigenvalue weighted by atomic mass is 16.6. The third kappa shape index (κ3) is 1.81. The standard InChI is InChI=1S/C25H33NO3/c1-5-9-22(2,27)18-15-23-10-11-25(18,28-4)21-24(23)12-13-26(3)19(23)14-16-7-6-8-17(29-21)20(16)24/h6-8,10-11,18-19,21,27H,5,9,12-15H2,1-4H3/t18-,19-,21-,22-,23-,24+,25-/m1/s1. The van der Waals surface area contributed by atoms with Crippen LogP contribution in [-0.2, 0) is 16.6 Å². The Bertz CT molecular complexity index is 909. The summed E-state index contributed by atoms with van der Waals surface area (Å²) in [6, 6.07) is 7.05. The lowest BCUT2D eigenvalue weighted by molar-refractivity contribution is -0.247. The van der Waals surface area contributed by atoms with E-state index in [0.29, 0.717) is 6.04 Å². The molecular weight excluding hydrogens is 362 g/mol. The summed E-state index contributed by atoms with van der Waals surface area (Å²) in [6.07, 6.45) is 9.57. The normalized spacial score (nSPS) is 45.6. The molecule has 1 N–H and O–H groups in total. The number of likely N-dealkylation sites (N-methyl/N-ethyl adjacent to an activating group) is 1. The van der Waals surface area contributed by atoms with Gasteiger partial charge in [0.15, 0.2) is 0 Å². The molecule has 0 radical (unpaired) electrons. The van der Waals surface area contributed by atoms with Crippen LogP contribution < -0.4 is 4.74 Å². The molecule has 0 unspecified atom stereocenters. The van der Waals surface area contributed by atoms with Crippen LogP contribution in [0.25, 0.3) is 0 Å². The predicted octanol–water partition coefficient (Wildman–Crippen LogP) is 3.46. The summed E-state index contributed by atoms with van der Waals surface area (Å²) in [5, 5.41) is 11.7. The number of hydrogen-bond acceptors (Lipinski definition) is 4. The highest BCUT2D eigenvalue weighted by Gasteiger charge is 2.79. The van der Waals surface area contributed by atoms with Crippen molar-refractivity contribution >= 4 is 0 Å². The summed E-state index contributed by atoms with van der Waals surface area (Å²) < 4.78 is 13.2.